The Morgan fingerprint density at radius 2 is 1.51 bits per heavy atom. The van der Waals surface area contributed by atoms with E-state index in [-0.39, 0.29) is 11.0 Å². The lowest BCUT2D eigenvalue weighted by Gasteiger charge is -2.44. The summed E-state index contributed by atoms with van der Waals surface area (Å²) < 4.78 is 104. The third kappa shape index (κ3) is 15.4. The van der Waals surface area contributed by atoms with Gasteiger partial charge in [-0.3, -0.25) is 14.6 Å². The number of likely N-dealkylation sites (tertiary alicyclic amines) is 1. The second kappa shape index (κ2) is 26.1. The zero-order chi connectivity index (χ0) is 54.9. The number of thioether (sulfide) groups is 1. The summed E-state index contributed by atoms with van der Waals surface area (Å²) in [5, 5.41) is 7.21. The Balaban J connectivity index is 0.823. The molecule has 0 bridgehead atoms. The highest BCUT2D eigenvalue weighted by Crippen LogP contribution is 2.45. The number of anilines is 2. The quantitative estimate of drug-likeness (QED) is 0.0728. The van der Waals surface area contributed by atoms with Gasteiger partial charge in [-0.1, -0.05) is 54.4 Å². The maximum Gasteiger partial charge on any atom is 0.501 e. The molecule has 78 heavy (non-hydrogen) atoms. The van der Waals surface area contributed by atoms with Crippen LogP contribution in [0.15, 0.2) is 117 Å². The lowest BCUT2D eigenvalue weighted by Crippen LogP contribution is -2.48. The molecular formula is C57H74ClF3N8O6S3. The van der Waals surface area contributed by atoms with E-state index in [0.29, 0.717) is 51.1 Å². The van der Waals surface area contributed by atoms with Crippen molar-refractivity contribution in [1.29, 1.82) is 0 Å². The van der Waals surface area contributed by atoms with E-state index in [4.69, 9.17) is 16.3 Å². The average Bonchev–Trinajstić information content (AvgIpc) is 3.59. The normalized spacial score (nSPS) is 21.6. The Kier molecular flexibility index (Phi) is 19.6. The van der Waals surface area contributed by atoms with Crippen LogP contribution in [0.25, 0.3) is 5.57 Å². The summed E-state index contributed by atoms with van der Waals surface area (Å²) in [7, 11) is -10.9. The van der Waals surface area contributed by atoms with Gasteiger partial charge < -0.3 is 30.1 Å². The average molecular weight is 1160 g/mol. The van der Waals surface area contributed by atoms with Crippen LogP contribution in [0.4, 0.5) is 24.5 Å². The van der Waals surface area contributed by atoms with Crippen LogP contribution in [0.3, 0.4) is 0 Å². The van der Waals surface area contributed by atoms with E-state index in [1.54, 1.807) is 12.1 Å². The van der Waals surface area contributed by atoms with Crippen molar-refractivity contribution in [3.63, 3.8) is 0 Å². The molecule has 4 aliphatic heterocycles. The first-order valence-electron chi connectivity index (χ1n) is 27.4. The number of hydrogen-bond acceptors (Lipinski definition) is 14. The van der Waals surface area contributed by atoms with E-state index in [0.717, 1.165) is 131 Å². The molecule has 21 heteroatoms. The van der Waals surface area contributed by atoms with Crippen molar-refractivity contribution in [2.75, 3.05) is 134 Å². The second-order valence-electron chi connectivity index (χ2n) is 21.9. The van der Waals surface area contributed by atoms with Gasteiger partial charge in [0.25, 0.3) is 25.8 Å². The van der Waals surface area contributed by atoms with Crippen LogP contribution < -0.4 is 20.3 Å². The SMILES string of the molecule is CC1(CN2CCC(CN3CCNCC3)CC2)CCC(c2ccc(Cl)cc2)=C(CN2CCN(c3ccc(C(=O)NS(=O)(=O)c4ccc(N[C@H](CCN5CCOCC5)CSc5ccccc5)c(S(=O)(=O)C(F)(F)F)c4)cc3)CC2)C1. The Hall–Kier alpha value is -4.22. The second-order valence-corrected chi connectivity index (χ2v) is 27.0. The number of nitrogens with zero attached hydrogens (tertiary/aromatic N) is 5. The molecule has 1 aliphatic carbocycles. The molecule has 9 rings (SSSR count). The molecule has 4 aromatic rings. The van der Waals surface area contributed by atoms with Crippen molar-refractivity contribution in [2.45, 2.75) is 71.7 Å². The van der Waals surface area contributed by atoms with Crippen LogP contribution in [0.1, 0.15) is 61.4 Å². The van der Waals surface area contributed by atoms with Crippen molar-refractivity contribution in [3.05, 3.63) is 119 Å². The molecule has 3 N–H and O–H groups in total. The molecule has 2 atom stereocenters. The van der Waals surface area contributed by atoms with Gasteiger partial charge in [-0.15, -0.1) is 11.8 Å². The molecule has 4 fully saturated rings. The van der Waals surface area contributed by atoms with Gasteiger partial charge in [0.2, 0.25) is 0 Å². The standard InChI is InChI=1S/C57H74ClF3N8O6S3/c1-56(42-68-24-18-43(19-25-68)39-66-27-22-62-23-28-66)21-17-52(44-7-11-47(58)12-8-44)46(38-56)40-67-29-31-69(32-30-67)49-13-9-45(10-14-49)55(70)64-78(73,74)51-15-16-53(54(37-51)77(71,72)57(59,60)61)63-48(20-26-65-33-35-75-36-34-65)41-76-50-5-3-2-4-6-50/h2-16,37,43,48,62-63H,17-36,38-42H2,1H3,(H,64,70)/t48-,56?/m1/s1. The van der Waals surface area contributed by atoms with Gasteiger partial charge in [-0.25, -0.2) is 21.6 Å². The van der Waals surface area contributed by atoms with Crippen LogP contribution in [0.2, 0.25) is 5.02 Å². The fraction of sp³-hybridized carbons (Fsp3) is 0.526. The summed E-state index contributed by atoms with van der Waals surface area (Å²) in [6.07, 6.45) is 6.15. The number of nitrogens with one attached hydrogen (secondary N) is 3. The van der Waals surface area contributed by atoms with Crippen LogP contribution in [-0.4, -0.2) is 178 Å². The van der Waals surface area contributed by atoms with E-state index in [9.17, 15) is 34.8 Å². The van der Waals surface area contributed by atoms with E-state index in [2.05, 4.69) is 54.2 Å². The summed E-state index contributed by atoms with van der Waals surface area (Å²) in [5.74, 6) is 0.122. The predicted molar refractivity (Wildman–Crippen MR) is 305 cm³/mol. The van der Waals surface area contributed by atoms with Gasteiger partial charge in [0.1, 0.15) is 4.90 Å². The van der Waals surface area contributed by atoms with E-state index < -0.39 is 52.8 Å². The fourth-order valence-corrected chi connectivity index (χ4v) is 14.8. The largest absolute Gasteiger partial charge is 0.501 e. The van der Waals surface area contributed by atoms with E-state index in [1.807, 2.05) is 47.2 Å². The van der Waals surface area contributed by atoms with Gasteiger partial charge >= 0.3 is 5.51 Å². The van der Waals surface area contributed by atoms with Gasteiger partial charge in [-0.2, -0.15) is 13.2 Å². The lowest BCUT2D eigenvalue weighted by atomic mass is 9.71. The number of piperidine rings is 1. The van der Waals surface area contributed by atoms with Crippen LogP contribution >= 0.6 is 23.4 Å². The van der Waals surface area contributed by atoms with Crippen LogP contribution in [0.5, 0.6) is 0 Å². The molecule has 0 aromatic heterocycles. The van der Waals surface area contributed by atoms with Crippen LogP contribution in [0, 0.1) is 11.3 Å². The molecule has 5 aliphatic rings. The number of sulfone groups is 1. The van der Waals surface area contributed by atoms with Gasteiger partial charge in [0, 0.05) is 125 Å². The summed E-state index contributed by atoms with van der Waals surface area (Å²) in [6.45, 7) is 18.6. The summed E-state index contributed by atoms with van der Waals surface area (Å²) in [6, 6.07) is 26.1. The number of ether oxygens (including phenoxy) is 1. The molecule has 0 spiro atoms. The molecule has 0 radical (unpaired) electrons. The number of morpholine rings is 1. The summed E-state index contributed by atoms with van der Waals surface area (Å²) in [4.78, 5) is 24.6. The maximum absolute atomic E-state index is 14.3. The first-order valence-corrected chi connectivity index (χ1v) is 31.7. The maximum atomic E-state index is 14.3. The highest BCUT2D eigenvalue weighted by atomic mass is 35.5. The Bertz CT molecular complexity index is 2900. The zero-order valence-corrected chi connectivity index (χ0v) is 47.7. The van der Waals surface area contributed by atoms with Crippen molar-refractivity contribution >= 4 is 66.1 Å². The molecule has 4 aromatic carbocycles. The third-order valence-electron chi connectivity index (χ3n) is 16.1. The van der Waals surface area contributed by atoms with Crippen molar-refractivity contribution in [2.24, 2.45) is 11.3 Å². The highest BCUT2D eigenvalue weighted by molar-refractivity contribution is 7.99. The lowest BCUT2D eigenvalue weighted by molar-refractivity contribution is -0.0435. The number of allylic oxidation sites excluding steroid dienone is 1. The van der Waals surface area contributed by atoms with Gasteiger partial charge in [-0.05, 0) is 141 Å². The minimum atomic E-state index is -6.07. The number of alkyl halides is 3. The van der Waals surface area contributed by atoms with E-state index >= 15 is 0 Å². The minimum absolute atomic E-state index is 0.00279. The minimum Gasteiger partial charge on any atom is -0.380 e. The number of carbonyl (C=O) groups is 1. The number of hydrogen-bond donors (Lipinski definition) is 3. The van der Waals surface area contributed by atoms with Crippen molar-refractivity contribution in [3.8, 4) is 0 Å². The Morgan fingerprint density at radius 3 is 2.19 bits per heavy atom. The van der Waals surface area contributed by atoms with Crippen molar-refractivity contribution < 1.29 is 39.5 Å². The molecule has 4 heterocycles. The number of benzene rings is 4. The Morgan fingerprint density at radius 1 is 0.821 bits per heavy atom. The van der Waals surface area contributed by atoms with Gasteiger partial charge in [0.05, 0.1) is 23.8 Å². The number of sulfonamides is 1. The van der Waals surface area contributed by atoms with Crippen LogP contribution in [-0.2, 0) is 24.6 Å². The van der Waals surface area contributed by atoms with E-state index in [1.165, 1.54) is 60.0 Å². The third-order valence-corrected chi connectivity index (χ3v) is 20.4. The molecule has 4 saturated heterocycles. The number of carbonyl (C=O) groups excluding carboxylic acids is 1. The molecule has 1 unspecified atom stereocenters. The Labute approximate surface area is 468 Å². The molecule has 0 saturated carbocycles. The topological polar surface area (TPSA) is 147 Å². The molecular weight excluding hydrogens is 1080 g/mol. The van der Waals surface area contributed by atoms with Crippen molar-refractivity contribution in [1.82, 2.24) is 29.6 Å². The first kappa shape index (κ1) is 58.4. The monoisotopic (exact) mass is 1150 g/mol. The van der Waals surface area contributed by atoms with Gasteiger partial charge in [0.15, 0.2) is 0 Å². The first-order chi connectivity index (χ1) is 37.4. The number of halogens is 4. The zero-order valence-electron chi connectivity index (χ0n) is 44.5. The molecule has 1 amide bonds. The molecule has 14 nitrogen and oxygen atoms in total. The number of amides is 1. The highest BCUT2D eigenvalue weighted by Gasteiger charge is 2.48. The summed E-state index contributed by atoms with van der Waals surface area (Å²) in [5.41, 5.74) is -0.975. The predicted octanol–water partition coefficient (Wildman–Crippen LogP) is 8.43. The number of piperazine rings is 2. The number of rotatable bonds is 20. The molecule has 424 valence electrons. The fourth-order valence-electron chi connectivity index (χ4n) is 11.7. The smallest absolute Gasteiger partial charge is 0.380 e. The summed E-state index contributed by atoms with van der Waals surface area (Å²) >= 11 is 7.80.